The van der Waals surface area contributed by atoms with Crippen LogP contribution < -0.4 is 0 Å². The van der Waals surface area contributed by atoms with E-state index < -0.39 is 5.60 Å². The molecule has 1 fully saturated rings. The summed E-state index contributed by atoms with van der Waals surface area (Å²) in [4.78, 5) is 6.37. The topological polar surface area (TPSA) is 54.2 Å². The molecule has 2 heterocycles. The molecular formula is C16H22N4O. The van der Waals surface area contributed by atoms with E-state index in [-0.39, 0.29) is 0 Å². The number of likely N-dealkylation sites (tertiary alicyclic amines) is 1. The molecule has 2 atom stereocenters. The normalized spacial score (nSPS) is 22.3. The van der Waals surface area contributed by atoms with Crippen molar-refractivity contribution in [3.05, 3.63) is 48.5 Å². The summed E-state index contributed by atoms with van der Waals surface area (Å²) in [6.07, 6.45) is 5.64. The Kier molecular flexibility index (Phi) is 4.03. The Bertz CT molecular complexity index is 553. The maximum absolute atomic E-state index is 10.8. The average Bonchev–Trinajstić information content (AvgIpc) is 3.13. The fraction of sp³-hybridized carbons (Fsp3) is 0.500. The van der Waals surface area contributed by atoms with Crippen molar-refractivity contribution in [2.75, 3.05) is 13.1 Å². The summed E-state index contributed by atoms with van der Waals surface area (Å²) < 4.78 is 1.88. The van der Waals surface area contributed by atoms with Crippen LogP contribution in [0, 0.1) is 0 Å². The van der Waals surface area contributed by atoms with Crippen molar-refractivity contribution < 1.29 is 5.11 Å². The van der Waals surface area contributed by atoms with Crippen molar-refractivity contribution in [1.29, 1.82) is 0 Å². The summed E-state index contributed by atoms with van der Waals surface area (Å²) in [5.41, 5.74) is 0.142. The molecule has 5 nitrogen and oxygen atoms in total. The standard InChI is InChI=1S/C16H22N4O/c1-16(21,14-6-3-2-4-7-14)11-19-9-5-8-15(19)10-20-13-17-12-18-20/h2-4,6-7,12-13,15,21H,5,8-11H2,1H3. The number of benzene rings is 1. The van der Waals surface area contributed by atoms with Crippen LogP contribution in [0.1, 0.15) is 25.3 Å². The number of rotatable bonds is 5. The van der Waals surface area contributed by atoms with E-state index in [9.17, 15) is 5.11 Å². The van der Waals surface area contributed by atoms with Crippen molar-refractivity contribution in [2.24, 2.45) is 0 Å². The molecule has 5 heteroatoms. The minimum Gasteiger partial charge on any atom is -0.384 e. The van der Waals surface area contributed by atoms with Crippen molar-refractivity contribution in [1.82, 2.24) is 19.7 Å². The van der Waals surface area contributed by atoms with Gasteiger partial charge in [0.1, 0.15) is 12.7 Å². The SMILES string of the molecule is CC(O)(CN1CCCC1Cn1cncn1)c1ccccc1. The van der Waals surface area contributed by atoms with Crippen LogP contribution in [-0.2, 0) is 12.1 Å². The zero-order chi connectivity index (χ0) is 14.7. The Morgan fingerprint density at radius 1 is 1.33 bits per heavy atom. The zero-order valence-electron chi connectivity index (χ0n) is 12.4. The molecule has 1 N–H and O–H groups in total. The molecule has 2 aromatic rings. The number of aliphatic hydroxyl groups is 1. The summed E-state index contributed by atoms with van der Waals surface area (Å²) in [6.45, 7) is 4.41. The molecule has 0 spiro atoms. The molecule has 1 aliphatic rings. The summed E-state index contributed by atoms with van der Waals surface area (Å²) in [5, 5.41) is 15.0. The molecule has 0 radical (unpaired) electrons. The van der Waals surface area contributed by atoms with E-state index in [0.29, 0.717) is 12.6 Å². The lowest BCUT2D eigenvalue weighted by atomic mass is 9.95. The van der Waals surface area contributed by atoms with Gasteiger partial charge < -0.3 is 5.11 Å². The third-order valence-corrected chi connectivity index (χ3v) is 4.27. The van der Waals surface area contributed by atoms with Gasteiger partial charge in [0, 0.05) is 12.6 Å². The first kappa shape index (κ1) is 14.2. The molecule has 1 aliphatic heterocycles. The Balaban J connectivity index is 1.68. The van der Waals surface area contributed by atoms with Gasteiger partial charge >= 0.3 is 0 Å². The minimum absolute atomic E-state index is 0.418. The summed E-state index contributed by atoms with van der Waals surface area (Å²) >= 11 is 0. The number of β-amino-alcohol motifs (C(OH)–C–C–N with tert-alkyl or cyclic N) is 1. The van der Waals surface area contributed by atoms with Crippen molar-refractivity contribution >= 4 is 0 Å². The van der Waals surface area contributed by atoms with Gasteiger partial charge in [-0.25, -0.2) is 4.98 Å². The van der Waals surface area contributed by atoms with E-state index in [1.807, 2.05) is 41.9 Å². The third-order valence-electron chi connectivity index (χ3n) is 4.27. The van der Waals surface area contributed by atoms with E-state index in [2.05, 4.69) is 15.0 Å². The largest absolute Gasteiger partial charge is 0.384 e. The van der Waals surface area contributed by atoms with Crippen molar-refractivity contribution in [3.8, 4) is 0 Å². The predicted octanol–water partition coefficient (Wildman–Crippen LogP) is 1.65. The van der Waals surface area contributed by atoms with E-state index in [4.69, 9.17) is 0 Å². The zero-order valence-corrected chi connectivity index (χ0v) is 12.4. The second-order valence-corrected chi connectivity index (χ2v) is 6.02. The number of nitrogens with zero attached hydrogens (tertiary/aromatic N) is 4. The molecule has 1 aromatic heterocycles. The molecule has 0 bridgehead atoms. The predicted molar refractivity (Wildman–Crippen MR) is 80.6 cm³/mol. The average molecular weight is 286 g/mol. The van der Waals surface area contributed by atoms with Crippen LogP contribution in [0.4, 0.5) is 0 Å². The van der Waals surface area contributed by atoms with Crippen molar-refractivity contribution in [2.45, 2.75) is 38.0 Å². The van der Waals surface area contributed by atoms with Crippen LogP contribution in [-0.4, -0.2) is 43.9 Å². The Morgan fingerprint density at radius 3 is 2.86 bits per heavy atom. The molecule has 0 aliphatic carbocycles. The van der Waals surface area contributed by atoms with E-state index >= 15 is 0 Å². The molecule has 1 aromatic carbocycles. The van der Waals surface area contributed by atoms with Crippen LogP contribution in [0.3, 0.4) is 0 Å². The van der Waals surface area contributed by atoms with Crippen LogP contribution in [0.15, 0.2) is 43.0 Å². The van der Waals surface area contributed by atoms with Gasteiger partial charge in [-0.3, -0.25) is 9.58 Å². The fourth-order valence-electron chi connectivity index (χ4n) is 3.14. The smallest absolute Gasteiger partial charge is 0.137 e. The van der Waals surface area contributed by atoms with Gasteiger partial charge in [-0.15, -0.1) is 0 Å². The molecule has 1 saturated heterocycles. The second-order valence-electron chi connectivity index (χ2n) is 6.02. The molecule has 21 heavy (non-hydrogen) atoms. The van der Waals surface area contributed by atoms with Crippen molar-refractivity contribution in [3.63, 3.8) is 0 Å². The van der Waals surface area contributed by atoms with Gasteiger partial charge in [-0.2, -0.15) is 5.10 Å². The molecule has 2 unspecified atom stereocenters. The highest BCUT2D eigenvalue weighted by atomic mass is 16.3. The Labute approximate surface area is 125 Å². The minimum atomic E-state index is -0.827. The monoisotopic (exact) mass is 286 g/mol. The lowest BCUT2D eigenvalue weighted by Gasteiger charge is -2.33. The first-order chi connectivity index (χ1) is 10.1. The lowest BCUT2D eigenvalue weighted by molar-refractivity contribution is 0.00965. The van der Waals surface area contributed by atoms with Crippen LogP contribution in [0.5, 0.6) is 0 Å². The third kappa shape index (κ3) is 3.31. The number of hydrogen-bond acceptors (Lipinski definition) is 4. The highest BCUT2D eigenvalue weighted by Gasteiger charge is 2.32. The summed E-state index contributed by atoms with van der Waals surface area (Å²) in [7, 11) is 0. The molecule has 0 saturated carbocycles. The van der Waals surface area contributed by atoms with Gasteiger partial charge in [0.15, 0.2) is 0 Å². The van der Waals surface area contributed by atoms with Crippen LogP contribution in [0.25, 0.3) is 0 Å². The van der Waals surface area contributed by atoms with Crippen LogP contribution in [0.2, 0.25) is 0 Å². The summed E-state index contributed by atoms with van der Waals surface area (Å²) in [5.74, 6) is 0. The Morgan fingerprint density at radius 2 is 2.14 bits per heavy atom. The fourth-order valence-corrected chi connectivity index (χ4v) is 3.14. The maximum Gasteiger partial charge on any atom is 0.137 e. The van der Waals surface area contributed by atoms with Crippen LogP contribution >= 0.6 is 0 Å². The quantitative estimate of drug-likeness (QED) is 0.908. The summed E-state index contributed by atoms with van der Waals surface area (Å²) in [6, 6.07) is 10.3. The van der Waals surface area contributed by atoms with Gasteiger partial charge in [-0.1, -0.05) is 30.3 Å². The van der Waals surface area contributed by atoms with Gasteiger partial charge in [0.05, 0.1) is 12.1 Å². The molecule has 3 rings (SSSR count). The first-order valence-electron chi connectivity index (χ1n) is 7.49. The van der Waals surface area contributed by atoms with E-state index in [1.54, 1.807) is 12.7 Å². The van der Waals surface area contributed by atoms with Gasteiger partial charge in [-0.05, 0) is 31.9 Å². The molecule has 0 amide bonds. The highest BCUT2D eigenvalue weighted by Crippen LogP contribution is 2.26. The highest BCUT2D eigenvalue weighted by molar-refractivity contribution is 5.22. The van der Waals surface area contributed by atoms with Gasteiger partial charge in [0.2, 0.25) is 0 Å². The molecular weight excluding hydrogens is 264 g/mol. The first-order valence-corrected chi connectivity index (χ1v) is 7.49. The lowest BCUT2D eigenvalue weighted by Crippen LogP contribution is -2.43. The number of aromatic nitrogens is 3. The molecule has 112 valence electrons. The number of hydrogen-bond donors (Lipinski definition) is 1. The second kappa shape index (κ2) is 5.95. The van der Waals surface area contributed by atoms with E-state index in [0.717, 1.165) is 25.1 Å². The maximum atomic E-state index is 10.8. The van der Waals surface area contributed by atoms with E-state index in [1.165, 1.54) is 6.42 Å². The Hall–Kier alpha value is -1.72. The van der Waals surface area contributed by atoms with Gasteiger partial charge in [0.25, 0.3) is 0 Å².